The molecule has 306 valence electrons. The van der Waals surface area contributed by atoms with Crippen LogP contribution in [-0.2, 0) is 38.9 Å². The number of carbonyl (C=O) groups is 5. The molecule has 3 aliphatic carbocycles. The van der Waals surface area contributed by atoms with E-state index in [0.717, 1.165) is 32.1 Å². The second-order valence-electron chi connectivity index (χ2n) is 20.2. The Hall–Kier alpha value is -2.02. The second kappa shape index (κ2) is 15.7. The number of Topliss-reactive ketones (excluding diaryl/α,β-unsaturated/α-hetero) is 4. The summed E-state index contributed by atoms with van der Waals surface area (Å²) in [5.74, 6) is -2.69. The van der Waals surface area contributed by atoms with Crippen molar-refractivity contribution in [2.45, 2.75) is 145 Å². The number of ketones is 4. The molecule has 5 fully saturated rings. The zero-order valence-corrected chi connectivity index (χ0v) is 35.5. The Kier molecular flexibility index (Phi) is 12.6. The normalized spacial score (nSPS) is 27.0. The predicted octanol–water partition coefficient (Wildman–Crippen LogP) is 5.94. The molecule has 1 amide bonds. The van der Waals surface area contributed by atoms with Gasteiger partial charge in [0.05, 0.1) is 19.3 Å². The maximum absolute atomic E-state index is 15.0. The summed E-state index contributed by atoms with van der Waals surface area (Å²) in [6.07, 6.45) is 7.19. The summed E-state index contributed by atoms with van der Waals surface area (Å²) in [6.45, 7) is 20.1. The first-order valence-corrected chi connectivity index (χ1v) is 22.2. The van der Waals surface area contributed by atoms with Gasteiger partial charge in [0, 0.05) is 69.1 Å². The molecule has 0 aromatic carbocycles. The lowest BCUT2D eigenvalue weighted by atomic mass is 9.73. The molecular weight excluding hydrogens is 707 g/mol. The van der Waals surface area contributed by atoms with E-state index >= 15 is 0 Å². The van der Waals surface area contributed by atoms with E-state index in [2.05, 4.69) is 18.6 Å². The highest BCUT2D eigenvalue weighted by Crippen LogP contribution is 2.88. The van der Waals surface area contributed by atoms with Gasteiger partial charge in [-0.1, -0.05) is 75.2 Å². The van der Waals surface area contributed by atoms with Crippen LogP contribution in [0.25, 0.3) is 0 Å². The average Bonchev–Trinajstić information content (AvgIpc) is 3.89. The van der Waals surface area contributed by atoms with Gasteiger partial charge in [-0.05, 0) is 72.0 Å². The van der Waals surface area contributed by atoms with E-state index in [4.69, 9.17) is 4.74 Å². The topological polar surface area (TPSA) is 147 Å². The quantitative estimate of drug-likeness (QED) is 0.169. The molecule has 5 rings (SSSR count). The van der Waals surface area contributed by atoms with Crippen LogP contribution >= 0.6 is 0 Å². The highest BCUT2D eigenvalue weighted by atomic mass is 32.2. The van der Waals surface area contributed by atoms with Crippen molar-refractivity contribution >= 4 is 39.2 Å². The third-order valence-electron chi connectivity index (χ3n) is 14.7. The van der Waals surface area contributed by atoms with Gasteiger partial charge in [-0.2, -0.15) is 12.7 Å². The smallest absolute Gasteiger partial charge is 0.279 e. The van der Waals surface area contributed by atoms with Gasteiger partial charge in [-0.3, -0.25) is 24.0 Å². The van der Waals surface area contributed by atoms with Gasteiger partial charge in [0.15, 0.2) is 11.6 Å². The molecule has 3 saturated carbocycles. The van der Waals surface area contributed by atoms with E-state index in [-0.39, 0.29) is 96.7 Å². The molecule has 0 aromatic rings. The van der Waals surface area contributed by atoms with E-state index in [1.807, 2.05) is 48.5 Å². The number of ether oxygens (including phenoxy) is 1. The molecule has 1 unspecified atom stereocenters. The lowest BCUT2D eigenvalue weighted by Crippen LogP contribution is -2.49. The summed E-state index contributed by atoms with van der Waals surface area (Å²) in [6, 6.07) is -0.709. The summed E-state index contributed by atoms with van der Waals surface area (Å²) < 4.78 is 35.6. The third-order valence-corrected chi connectivity index (χ3v) is 16.2. The number of rotatable bonds is 18. The van der Waals surface area contributed by atoms with Gasteiger partial charge in [0.2, 0.25) is 11.7 Å². The zero-order chi connectivity index (χ0) is 40.1. The second-order valence-corrected chi connectivity index (χ2v) is 22.0. The molecule has 5 atom stereocenters. The van der Waals surface area contributed by atoms with Crippen LogP contribution in [0.2, 0.25) is 0 Å². The maximum atomic E-state index is 15.0. The van der Waals surface area contributed by atoms with Crippen molar-refractivity contribution in [2.75, 3.05) is 39.4 Å². The average molecular weight is 776 g/mol. The molecule has 54 heavy (non-hydrogen) atoms. The van der Waals surface area contributed by atoms with E-state index < -0.39 is 44.7 Å². The van der Waals surface area contributed by atoms with Gasteiger partial charge >= 0.3 is 0 Å². The molecule has 0 radical (unpaired) electrons. The summed E-state index contributed by atoms with van der Waals surface area (Å²) in [5.41, 5.74) is -1.18. The number of hydrogen-bond donors (Lipinski definition) is 1. The minimum absolute atomic E-state index is 0.0172. The highest BCUT2D eigenvalue weighted by molar-refractivity contribution is 7.87. The van der Waals surface area contributed by atoms with Gasteiger partial charge in [0.1, 0.15) is 5.78 Å². The van der Waals surface area contributed by atoms with Crippen LogP contribution < -0.4 is 4.72 Å². The first-order valence-electron chi connectivity index (χ1n) is 20.8. The Morgan fingerprint density at radius 3 is 2.02 bits per heavy atom. The van der Waals surface area contributed by atoms with Gasteiger partial charge < -0.3 is 9.64 Å². The Morgan fingerprint density at radius 1 is 0.889 bits per heavy atom. The van der Waals surface area contributed by atoms with Crippen molar-refractivity contribution in [3.63, 3.8) is 0 Å². The monoisotopic (exact) mass is 775 g/mol. The summed E-state index contributed by atoms with van der Waals surface area (Å²) in [7, 11) is -3.75. The van der Waals surface area contributed by atoms with Crippen molar-refractivity contribution in [3.8, 4) is 0 Å². The van der Waals surface area contributed by atoms with Crippen molar-refractivity contribution in [1.82, 2.24) is 13.9 Å². The molecule has 12 heteroatoms. The third kappa shape index (κ3) is 8.47. The fraction of sp³-hybridized carbons (Fsp3) is 0.881. The molecule has 2 aliphatic heterocycles. The molecular formula is C42H69N3O8S. The van der Waals surface area contributed by atoms with Gasteiger partial charge in [-0.25, -0.2) is 4.72 Å². The molecule has 2 heterocycles. The summed E-state index contributed by atoms with van der Waals surface area (Å²) in [5, 5.41) is 0. The van der Waals surface area contributed by atoms with Crippen LogP contribution in [0.1, 0.15) is 139 Å². The van der Waals surface area contributed by atoms with E-state index in [9.17, 15) is 32.4 Å². The van der Waals surface area contributed by atoms with Crippen molar-refractivity contribution in [2.24, 2.45) is 50.7 Å². The Bertz CT molecular complexity index is 1560. The van der Waals surface area contributed by atoms with Crippen LogP contribution in [0.5, 0.6) is 0 Å². The predicted molar refractivity (Wildman–Crippen MR) is 207 cm³/mol. The fourth-order valence-corrected chi connectivity index (χ4v) is 11.6. The Labute approximate surface area is 325 Å². The number of fused-ring (bicyclic) bond motifs is 1. The number of morpholine rings is 1. The van der Waals surface area contributed by atoms with Crippen molar-refractivity contribution in [3.05, 3.63) is 0 Å². The molecule has 1 N–H and O–H groups in total. The highest BCUT2D eigenvalue weighted by Gasteiger charge is 2.85. The van der Waals surface area contributed by atoms with Crippen LogP contribution in [0.3, 0.4) is 0 Å². The van der Waals surface area contributed by atoms with Gasteiger partial charge in [0.25, 0.3) is 10.2 Å². The van der Waals surface area contributed by atoms with Crippen LogP contribution in [0.4, 0.5) is 0 Å². The maximum Gasteiger partial charge on any atom is 0.279 e. The SMILES string of the molecule is CCCC(CC(=O)[C@@H]1C[C@@]2(CN1C(=O)[C@@H](CC(=O)C[C@@H](CNS(=O)(=O)N1CCOCC1)C(C)(C)C)C(C)(C)C)C(C)(C)C21CCC1)C(=O)C(=O)CC1CC1. The summed E-state index contributed by atoms with van der Waals surface area (Å²) in [4.78, 5) is 71.6. The number of likely N-dealkylation sites (tertiary alicyclic amines) is 1. The van der Waals surface area contributed by atoms with E-state index in [0.29, 0.717) is 39.0 Å². The summed E-state index contributed by atoms with van der Waals surface area (Å²) >= 11 is 0. The van der Waals surface area contributed by atoms with E-state index in [1.54, 1.807) is 4.90 Å². The van der Waals surface area contributed by atoms with Crippen LogP contribution in [0, 0.1) is 50.7 Å². The molecule has 2 saturated heterocycles. The van der Waals surface area contributed by atoms with E-state index in [1.165, 1.54) is 4.31 Å². The van der Waals surface area contributed by atoms with Crippen LogP contribution in [0.15, 0.2) is 0 Å². The first-order chi connectivity index (χ1) is 25.0. The first kappa shape index (κ1) is 43.1. The number of nitrogens with one attached hydrogen (secondary N) is 1. The number of hydrogen-bond acceptors (Lipinski definition) is 8. The number of nitrogens with zero attached hydrogens (tertiary/aromatic N) is 2. The molecule has 2 spiro atoms. The molecule has 0 aromatic heterocycles. The Balaban J connectivity index is 1.35. The molecule has 5 aliphatic rings. The molecule has 0 bridgehead atoms. The zero-order valence-electron chi connectivity index (χ0n) is 34.7. The lowest BCUT2D eigenvalue weighted by molar-refractivity contribution is -0.146. The number of carbonyl (C=O) groups excluding carboxylic acids is 5. The molecule has 11 nitrogen and oxygen atoms in total. The fourth-order valence-electron chi connectivity index (χ4n) is 10.4. The van der Waals surface area contributed by atoms with Crippen molar-refractivity contribution in [1.29, 1.82) is 0 Å². The minimum atomic E-state index is -3.75. The van der Waals surface area contributed by atoms with Gasteiger partial charge in [-0.15, -0.1) is 0 Å². The van der Waals surface area contributed by atoms with Crippen molar-refractivity contribution < 1.29 is 37.1 Å². The standard InChI is InChI=1S/C42H69N3O8S/c1-10-12-29(36(49)35(48)21-28-13-14-28)22-34(47)33-25-42(40(8,9)41(42)15-11-16-41)27-45(33)37(50)32(39(5,6)7)24-31(46)23-30(38(2,3)4)26-43-54(51,52)44-17-19-53-20-18-44/h28-30,32-33,43H,10-27H2,1-9H3/t29?,30-,32+,33-,42+/m0/s1. The number of amides is 1. The minimum Gasteiger partial charge on any atom is -0.379 e. The Morgan fingerprint density at radius 2 is 1.52 bits per heavy atom. The van der Waals surface area contributed by atoms with Crippen LogP contribution in [-0.4, -0.2) is 92.1 Å². The lowest BCUT2D eigenvalue weighted by Gasteiger charge is -2.36. The largest absolute Gasteiger partial charge is 0.379 e.